The Bertz CT molecular complexity index is 591. The summed E-state index contributed by atoms with van der Waals surface area (Å²) in [5.41, 5.74) is 4.42. The van der Waals surface area contributed by atoms with Crippen LogP contribution in [0.25, 0.3) is 0 Å². The number of nitrogen functional groups attached to an aromatic ring is 1. The fourth-order valence-electron chi connectivity index (χ4n) is 1.80. The van der Waals surface area contributed by atoms with Gasteiger partial charge < -0.3 is 10.5 Å². The van der Waals surface area contributed by atoms with Gasteiger partial charge in [-0.2, -0.15) is 4.31 Å². The van der Waals surface area contributed by atoms with Gasteiger partial charge in [0.25, 0.3) is 0 Å². The molecule has 0 aliphatic heterocycles. The quantitative estimate of drug-likeness (QED) is 0.778. The van der Waals surface area contributed by atoms with E-state index in [1.54, 1.807) is 0 Å². The van der Waals surface area contributed by atoms with Crippen molar-refractivity contribution in [1.29, 1.82) is 0 Å². The first-order valence-electron chi connectivity index (χ1n) is 6.44. The molecule has 1 rings (SSSR count). The maximum absolute atomic E-state index is 14.0. The van der Waals surface area contributed by atoms with Crippen LogP contribution < -0.4 is 5.73 Å². The number of hydrogen-bond acceptors (Lipinski definition) is 4. The van der Waals surface area contributed by atoms with E-state index in [-0.39, 0.29) is 25.6 Å². The van der Waals surface area contributed by atoms with Crippen LogP contribution in [-0.4, -0.2) is 39.5 Å². The van der Waals surface area contributed by atoms with Crippen molar-refractivity contribution in [2.24, 2.45) is 5.92 Å². The molecule has 21 heavy (non-hydrogen) atoms. The predicted molar refractivity (Wildman–Crippen MR) is 76.2 cm³/mol. The van der Waals surface area contributed by atoms with Crippen LogP contribution in [0.5, 0.6) is 0 Å². The van der Waals surface area contributed by atoms with Gasteiger partial charge in [0.15, 0.2) is 5.82 Å². The topological polar surface area (TPSA) is 72.6 Å². The third kappa shape index (κ3) is 4.12. The SMILES string of the molecule is COCCN(CC(C)C)S(=O)(=O)c1ccc(F)c(N)c1F. The summed E-state index contributed by atoms with van der Waals surface area (Å²) in [4.78, 5) is -0.627. The van der Waals surface area contributed by atoms with E-state index < -0.39 is 32.2 Å². The van der Waals surface area contributed by atoms with Gasteiger partial charge in [-0.05, 0) is 18.1 Å². The van der Waals surface area contributed by atoms with E-state index >= 15 is 0 Å². The molecule has 0 bridgehead atoms. The molecule has 0 saturated heterocycles. The van der Waals surface area contributed by atoms with Gasteiger partial charge in [0, 0.05) is 20.2 Å². The van der Waals surface area contributed by atoms with Crippen molar-refractivity contribution >= 4 is 15.7 Å². The van der Waals surface area contributed by atoms with Gasteiger partial charge in [0.1, 0.15) is 16.4 Å². The summed E-state index contributed by atoms with van der Waals surface area (Å²) in [6, 6.07) is 1.73. The summed E-state index contributed by atoms with van der Waals surface area (Å²) >= 11 is 0. The fraction of sp³-hybridized carbons (Fsp3) is 0.538. The van der Waals surface area contributed by atoms with Crippen molar-refractivity contribution in [2.75, 3.05) is 32.5 Å². The van der Waals surface area contributed by atoms with Crippen LogP contribution in [0.2, 0.25) is 0 Å². The highest BCUT2D eigenvalue weighted by Crippen LogP contribution is 2.25. The van der Waals surface area contributed by atoms with Gasteiger partial charge in [0.05, 0.1) is 6.61 Å². The van der Waals surface area contributed by atoms with E-state index in [1.165, 1.54) is 7.11 Å². The number of benzene rings is 1. The van der Waals surface area contributed by atoms with E-state index in [0.29, 0.717) is 0 Å². The Morgan fingerprint density at radius 3 is 2.48 bits per heavy atom. The Balaban J connectivity index is 3.25. The highest BCUT2D eigenvalue weighted by molar-refractivity contribution is 7.89. The Kier molecular flexibility index (Phi) is 6.06. The van der Waals surface area contributed by atoms with Crippen LogP contribution in [0.4, 0.5) is 14.5 Å². The van der Waals surface area contributed by atoms with Crippen molar-refractivity contribution in [3.63, 3.8) is 0 Å². The number of nitrogens with two attached hydrogens (primary N) is 1. The van der Waals surface area contributed by atoms with Gasteiger partial charge in [-0.15, -0.1) is 0 Å². The molecule has 1 aromatic carbocycles. The van der Waals surface area contributed by atoms with Crippen molar-refractivity contribution in [3.8, 4) is 0 Å². The average Bonchev–Trinajstić information content (AvgIpc) is 2.40. The van der Waals surface area contributed by atoms with Crippen LogP contribution in [-0.2, 0) is 14.8 Å². The zero-order valence-electron chi connectivity index (χ0n) is 12.3. The Hall–Kier alpha value is -1.25. The first-order valence-corrected chi connectivity index (χ1v) is 7.88. The molecule has 8 heteroatoms. The van der Waals surface area contributed by atoms with Crippen LogP contribution in [0.15, 0.2) is 17.0 Å². The molecule has 120 valence electrons. The Morgan fingerprint density at radius 1 is 1.33 bits per heavy atom. The monoisotopic (exact) mass is 322 g/mol. The summed E-state index contributed by atoms with van der Waals surface area (Å²) < 4.78 is 58.1. The van der Waals surface area contributed by atoms with Crippen molar-refractivity contribution in [3.05, 3.63) is 23.8 Å². The molecule has 2 N–H and O–H groups in total. The third-order valence-corrected chi connectivity index (χ3v) is 4.71. The maximum atomic E-state index is 14.0. The minimum absolute atomic E-state index is 0.0393. The molecule has 0 radical (unpaired) electrons. The standard InChI is InChI=1S/C13H20F2N2O3S/c1-9(2)8-17(6-7-20-3)21(18,19)11-5-4-10(14)13(16)12(11)15/h4-5,9H,6-8,16H2,1-3H3. The molecule has 0 aliphatic rings. The second kappa shape index (κ2) is 7.15. The molecular weight excluding hydrogens is 302 g/mol. The van der Waals surface area contributed by atoms with Crippen LogP contribution in [0, 0.1) is 17.6 Å². The van der Waals surface area contributed by atoms with E-state index in [1.807, 2.05) is 13.8 Å². The van der Waals surface area contributed by atoms with Gasteiger partial charge in [-0.25, -0.2) is 17.2 Å². The number of sulfonamides is 1. The Labute approximate surface area is 123 Å². The van der Waals surface area contributed by atoms with E-state index in [0.717, 1.165) is 16.4 Å². The molecule has 1 aromatic rings. The number of rotatable bonds is 7. The van der Waals surface area contributed by atoms with Crippen molar-refractivity contribution < 1.29 is 21.9 Å². The van der Waals surface area contributed by atoms with Gasteiger partial charge in [-0.3, -0.25) is 0 Å². The zero-order valence-corrected chi connectivity index (χ0v) is 13.1. The van der Waals surface area contributed by atoms with E-state index in [4.69, 9.17) is 10.5 Å². The fourth-order valence-corrected chi connectivity index (χ4v) is 3.46. The third-order valence-electron chi connectivity index (χ3n) is 2.82. The highest BCUT2D eigenvalue weighted by atomic mass is 32.2. The maximum Gasteiger partial charge on any atom is 0.246 e. The van der Waals surface area contributed by atoms with Crippen LogP contribution in [0.1, 0.15) is 13.8 Å². The lowest BCUT2D eigenvalue weighted by molar-refractivity contribution is 0.175. The summed E-state index contributed by atoms with van der Waals surface area (Å²) in [5.74, 6) is -2.21. The minimum atomic E-state index is -4.11. The molecule has 0 aromatic heterocycles. The van der Waals surface area contributed by atoms with E-state index in [9.17, 15) is 17.2 Å². The lowest BCUT2D eigenvalue weighted by atomic mass is 10.2. The van der Waals surface area contributed by atoms with Crippen molar-refractivity contribution in [1.82, 2.24) is 4.31 Å². The zero-order chi connectivity index (χ0) is 16.2. The van der Waals surface area contributed by atoms with Crippen LogP contribution >= 0.6 is 0 Å². The van der Waals surface area contributed by atoms with Gasteiger partial charge in [0.2, 0.25) is 10.0 Å². The molecule has 0 spiro atoms. The number of ether oxygens (including phenoxy) is 1. The molecule has 5 nitrogen and oxygen atoms in total. The highest BCUT2D eigenvalue weighted by Gasteiger charge is 2.29. The average molecular weight is 322 g/mol. The Morgan fingerprint density at radius 2 is 1.95 bits per heavy atom. The van der Waals surface area contributed by atoms with Crippen LogP contribution in [0.3, 0.4) is 0 Å². The first kappa shape index (κ1) is 17.8. The predicted octanol–water partition coefficient (Wildman–Crippen LogP) is 1.84. The van der Waals surface area contributed by atoms with Gasteiger partial charge >= 0.3 is 0 Å². The molecule has 0 aliphatic carbocycles. The molecule has 0 unspecified atom stereocenters. The normalized spacial score (nSPS) is 12.3. The van der Waals surface area contributed by atoms with E-state index in [2.05, 4.69) is 0 Å². The first-order chi connectivity index (χ1) is 9.71. The summed E-state index contributed by atoms with van der Waals surface area (Å²) in [6.07, 6.45) is 0. The number of halogens is 2. The lowest BCUT2D eigenvalue weighted by Crippen LogP contribution is -2.37. The van der Waals surface area contributed by atoms with Gasteiger partial charge in [-0.1, -0.05) is 13.8 Å². The molecule has 0 fully saturated rings. The van der Waals surface area contributed by atoms with Crippen molar-refractivity contribution in [2.45, 2.75) is 18.7 Å². The largest absolute Gasteiger partial charge is 0.394 e. The number of anilines is 1. The molecule has 0 heterocycles. The summed E-state index contributed by atoms with van der Waals surface area (Å²) in [6.45, 7) is 4.12. The summed E-state index contributed by atoms with van der Waals surface area (Å²) in [7, 11) is -2.67. The second-order valence-electron chi connectivity index (χ2n) is 5.02. The number of methoxy groups -OCH3 is 1. The summed E-state index contributed by atoms with van der Waals surface area (Å²) in [5, 5.41) is 0. The molecule has 0 saturated carbocycles. The molecular formula is C13H20F2N2O3S. The molecule has 0 amide bonds. The number of hydrogen-bond donors (Lipinski definition) is 1. The lowest BCUT2D eigenvalue weighted by Gasteiger charge is -2.24. The second-order valence-corrected chi connectivity index (χ2v) is 6.93. The smallest absolute Gasteiger partial charge is 0.246 e. The minimum Gasteiger partial charge on any atom is -0.394 e. The number of nitrogens with zero attached hydrogens (tertiary/aromatic N) is 1. The molecule has 0 atom stereocenters.